The number of carbonyl (C=O) groups excluding carboxylic acids is 2. The molecule has 0 spiro atoms. The lowest BCUT2D eigenvalue weighted by Gasteiger charge is -2.17. The fourth-order valence-electron chi connectivity index (χ4n) is 2.78. The number of anilines is 2. The molecule has 0 radical (unpaired) electrons. The van der Waals surface area contributed by atoms with Gasteiger partial charge in [-0.3, -0.25) is 9.59 Å². The van der Waals surface area contributed by atoms with E-state index in [1.807, 2.05) is 18.2 Å². The average Bonchev–Trinajstić information content (AvgIpc) is 3.07. The molecule has 2 aromatic carbocycles. The first-order valence-electron chi connectivity index (χ1n) is 8.23. The highest BCUT2D eigenvalue weighted by atomic mass is 16.5. The maximum atomic E-state index is 12.6. The van der Waals surface area contributed by atoms with Crippen molar-refractivity contribution in [3.8, 4) is 5.75 Å². The van der Waals surface area contributed by atoms with E-state index in [0.29, 0.717) is 36.6 Å². The molecule has 25 heavy (non-hydrogen) atoms. The number of hydrogen-bond donors (Lipinski definition) is 1. The van der Waals surface area contributed by atoms with E-state index in [4.69, 9.17) is 4.74 Å². The predicted octanol–water partition coefficient (Wildman–Crippen LogP) is 3.63. The first-order chi connectivity index (χ1) is 12.2. The molecule has 3 rings (SSSR count). The van der Waals surface area contributed by atoms with E-state index < -0.39 is 0 Å². The van der Waals surface area contributed by atoms with Crippen molar-refractivity contribution in [2.24, 2.45) is 0 Å². The van der Waals surface area contributed by atoms with Crippen molar-refractivity contribution < 1.29 is 14.3 Å². The maximum absolute atomic E-state index is 12.6. The zero-order valence-corrected chi connectivity index (χ0v) is 13.9. The Morgan fingerprint density at radius 2 is 2.08 bits per heavy atom. The van der Waals surface area contributed by atoms with Gasteiger partial charge in [-0.05, 0) is 36.8 Å². The Morgan fingerprint density at radius 3 is 2.84 bits per heavy atom. The van der Waals surface area contributed by atoms with E-state index >= 15 is 0 Å². The van der Waals surface area contributed by atoms with E-state index in [0.717, 1.165) is 12.1 Å². The molecule has 0 saturated carbocycles. The molecule has 2 amide bonds. The molecule has 0 aliphatic carbocycles. The molecule has 1 saturated heterocycles. The summed E-state index contributed by atoms with van der Waals surface area (Å²) in [5.41, 5.74) is 1.85. The van der Waals surface area contributed by atoms with Crippen LogP contribution in [0.2, 0.25) is 0 Å². The van der Waals surface area contributed by atoms with Crippen molar-refractivity contribution in [3.05, 3.63) is 66.7 Å². The van der Waals surface area contributed by atoms with Gasteiger partial charge in [0.1, 0.15) is 12.4 Å². The summed E-state index contributed by atoms with van der Waals surface area (Å²) in [5.74, 6) is 0.436. The van der Waals surface area contributed by atoms with E-state index in [2.05, 4.69) is 11.9 Å². The molecule has 0 bridgehead atoms. The Hall–Kier alpha value is -3.08. The van der Waals surface area contributed by atoms with Crippen LogP contribution in [0, 0.1) is 0 Å². The second-order valence-corrected chi connectivity index (χ2v) is 5.75. The summed E-state index contributed by atoms with van der Waals surface area (Å²) < 4.78 is 5.56. The van der Waals surface area contributed by atoms with Crippen molar-refractivity contribution >= 4 is 23.2 Å². The van der Waals surface area contributed by atoms with Gasteiger partial charge >= 0.3 is 0 Å². The first-order valence-corrected chi connectivity index (χ1v) is 8.23. The average molecular weight is 336 g/mol. The number of ether oxygens (including phenoxy) is 1. The molecule has 0 atom stereocenters. The Balaban J connectivity index is 1.78. The van der Waals surface area contributed by atoms with Crippen LogP contribution in [0.15, 0.2) is 61.2 Å². The van der Waals surface area contributed by atoms with Crippen LogP contribution in [-0.4, -0.2) is 25.0 Å². The molecule has 128 valence electrons. The number of benzene rings is 2. The molecule has 1 N–H and O–H groups in total. The molecular formula is C20H20N2O3. The van der Waals surface area contributed by atoms with Gasteiger partial charge in [0.05, 0.1) is 5.69 Å². The molecule has 0 aromatic heterocycles. The standard InChI is InChI=1S/C20H20N2O3/c1-2-13-25-18-10-4-3-9-17(18)21-20(24)15-7-5-8-16(14-15)22-12-6-11-19(22)23/h2-5,7-10,14H,1,6,11-13H2,(H,21,24). The number of carbonyl (C=O) groups is 2. The summed E-state index contributed by atoms with van der Waals surface area (Å²) in [6, 6.07) is 14.3. The molecule has 1 aliphatic heterocycles. The molecule has 5 heteroatoms. The van der Waals surface area contributed by atoms with Gasteiger partial charge in [-0.2, -0.15) is 0 Å². The lowest BCUT2D eigenvalue weighted by atomic mass is 10.1. The van der Waals surface area contributed by atoms with E-state index in [-0.39, 0.29) is 11.8 Å². The molecular weight excluding hydrogens is 316 g/mol. The summed E-state index contributed by atoms with van der Waals surface area (Å²) >= 11 is 0. The van der Waals surface area contributed by atoms with Crippen molar-refractivity contribution in [1.82, 2.24) is 0 Å². The minimum atomic E-state index is -0.247. The number of nitrogens with zero attached hydrogens (tertiary/aromatic N) is 1. The number of nitrogens with one attached hydrogen (secondary N) is 1. The number of rotatable bonds is 6. The molecule has 5 nitrogen and oxygen atoms in total. The van der Waals surface area contributed by atoms with Crippen LogP contribution in [0.1, 0.15) is 23.2 Å². The topological polar surface area (TPSA) is 58.6 Å². The predicted molar refractivity (Wildman–Crippen MR) is 98.1 cm³/mol. The van der Waals surface area contributed by atoms with Gasteiger partial charge in [-0.25, -0.2) is 0 Å². The molecule has 1 heterocycles. The van der Waals surface area contributed by atoms with Crippen LogP contribution in [0.25, 0.3) is 0 Å². The summed E-state index contributed by atoms with van der Waals surface area (Å²) in [7, 11) is 0. The third-order valence-electron chi connectivity index (χ3n) is 3.99. The van der Waals surface area contributed by atoms with Gasteiger partial charge in [0, 0.05) is 24.2 Å². The molecule has 1 aliphatic rings. The van der Waals surface area contributed by atoms with Gasteiger partial charge in [-0.15, -0.1) is 0 Å². The third-order valence-corrected chi connectivity index (χ3v) is 3.99. The normalized spacial score (nSPS) is 13.6. The van der Waals surface area contributed by atoms with Crippen LogP contribution in [0.3, 0.4) is 0 Å². The van der Waals surface area contributed by atoms with Crippen LogP contribution < -0.4 is 15.0 Å². The SMILES string of the molecule is C=CCOc1ccccc1NC(=O)c1cccc(N2CCCC2=O)c1. The smallest absolute Gasteiger partial charge is 0.255 e. The highest BCUT2D eigenvalue weighted by molar-refractivity contribution is 6.06. The zero-order valence-electron chi connectivity index (χ0n) is 13.9. The van der Waals surface area contributed by atoms with Crippen molar-refractivity contribution in [3.63, 3.8) is 0 Å². The highest BCUT2D eigenvalue weighted by Gasteiger charge is 2.22. The van der Waals surface area contributed by atoms with Gasteiger partial charge in [-0.1, -0.05) is 30.9 Å². The van der Waals surface area contributed by atoms with E-state index in [1.54, 1.807) is 41.3 Å². The summed E-state index contributed by atoms with van der Waals surface area (Å²) in [5, 5.41) is 2.86. The van der Waals surface area contributed by atoms with Crippen molar-refractivity contribution in [2.75, 3.05) is 23.4 Å². The Bertz CT molecular complexity index is 801. The monoisotopic (exact) mass is 336 g/mol. The van der Waals surface area contributed by atoms with Crippen LogP contribution in [0.5, 0.6) is 5.75 Å². The quantitative estimate of drug-likeness (QED) is 0.820. The number of hydrogen-bond acceptors (Lipinski definition) is 3. The minimum absolute atomic E-state index is 0.0979. The lowest BCUT2D eigenvalue weighted by molar-refractivity contribution is -0.117. The summed E-state index contributed by atoms with van der Waals surface area (Å²) in [4.78, 5) is 26.2. The van der Waals surface area contributed by atoms with Gasteiger partial charge < -0.3 is 15.0 Å². The second kappa shape index (κ2) is 7.66. The summed E-state index contributed by atoms with van der Waals surface area (Å²) in [6.45, 7) is 4.68. The third kappa shape index (κ3) is 3.88. The largest absolute Gasteiger partial charge is 0.487 e. The Labute approximate surface area is 146 Å². The first kappa shape index (κ1) is 16.8. The van der Waals surface area contributed by atoms with Gasteiger partial charge in [0.15, 0.2) is 0 Å². The zero-order chi connectivity index (χ0) is 17.6. The van der Waals surface area contributed by atoms with Crippen molar-refractivity contribution in [1.29, 1.82) is 0 Å². The van der Waals surface area contributed by atoms with Crippen molar-refractivity contribution in [2.45, 2.75) is 12.8 Å². The molecule has 0 unspecified atom stereocenters. The molecule has 1 fully saturated rings. The fraction of sp³-hybridized carbons (Fsp3) is 0.200. The molecule has 2 aromatic rings. The maximum Gasteiger partial charge on any atom is 0.255 e. The minimum Gasteiger partial charge on any atom is -0.487 e. The van der Waals surface area contributed by atoms with E-state index in [9.17, 15) is 9.59 Å². The Morgan fingerprint density at radius 1 is 1.24 bits per heavy atom. The van der Waals surface area contributed by atoms with Gasteiger partial charge in [0.2, 0.25) is 5.91 Å². The van der Waals surface area contributed by atoms with E-state index in [1.165, 1.54) is 0 Å². The Kier molecular flexibility index (Phi) is 5.14. The lowest BCUT2D eigenvalue weighted by Crippen LogP contribution is -2.24. The van der Waals surface area contributed by atoms with Crippen LogP contribution in [-0.2, 0) is 4.79 Å². The van der Waals surface area contributed by atoms with Gasteiger partial charge in [0.25, 0.3) is 5.91 Å². The summed E-state index contributed by atoms with van der Waals surface area (Å²) in [6.07, 6.45) is 3.06. The number of amides is 2. The van der Waals surface area contributed by atoms with Crippen LogP contribution >= 0.6 is 0 Å². The second-order valence-electron chi connectivity index (χ2n) is 5.75. The number of para-hydroxylation sites is 2. The highest BCUT2D eigenvalue weighted by Crippen LogP contribution is 2.26. The fourth-order valence-corrected chi connectivity index (χ4v) is 2.78. The van der Waals surface area contributed by atoms with Crippen LogP contribution in [0.4, 0.5) is 11.4 Å².